The van der Waals surface area contributed by atoms with E-state index in [1.807, 2.05) is 25.1 Å². The molecule has 1 aromatic rings. The Morgan fingerprint density at radius 3 is 2.83 bits per heavy atom. The summed E-state index contributed by atoms with van der Waals surface area (Å²) in [5, 5.41) is 9.10. The summed E-state index contributed by atoms with van der Waals surface area (Å²) in [7, 11) is 0. The Morgan fingerprint density at radius 1 is 1.30 bits per heavy atom. The van der Waals surface area contributed by atoms with E-state index in [-0.39, 0.29) is 23.8 Å². The van der Waals surface area contributed by atoms with Crippen molar-refractivity contribution in [1.29, 1.82) is 0 Å². The molecule has 2 amide bonds. The molecular weight excluding hydrogens is 294 g/mol. The molecule has 1 heterocycles. The molecule has 0 radical (unpaired) electrons. The highest BCUT2D eigenvalue weighted by Gasteiger charge is 2.29. The monoisotopic (exact) mass is 317 g/mol. The predicted molar refractivity (Wildman–Crippen MR) is 88.4 cm³/mol. The van der Waals surface area contributed by atoms with Crippen molar-refractivity contribution in [3.8, 4) is 0 Å². The molecule has 1 saturated carbocycles. The average Bonchev–Trinajstić information content (AvgIpc) is 3.36. The summed E-state index contributed by atoms with van der Waals surface area (Å²) in [5.41, 5.74) is 2.43. The van der Waals surface area contributed by atoms with Crippen molar-refractivity contribution in [2.75, 3.05) is 30.4 Å². The molecule has 124 valence electrons. The molecule has 2 fully saturated rings. The molecule has 23 heavy (non-hydrogen) atoms. The highest BCUT2D eigenvalue weighted by molar-refractivity contribution is 5.96. The second-order valence-corrected chi connectivity index (χ2v) is 6.27. The van der Waals surface area contributed by atoms with Gasteiger partial charge in [-0.3, -0.25) is 9.59 Å². The zero-order valence-electron chi connectivity index (χ0n) is 13.4. The predicted octanol–water partition coefficient (Wildman–Crippen LogP) is 1.66. The van der Waals surface area contributed by atoms with Gasteiger partial charge < -0.3 is 20.7 Å². The number of aryl methyl sites for hydroxylation is 1. The molecule has 1 aliphatic carbocycles. The van der Waals surface area contributed by atoms with E-state index in [1.54, 1.807) is 0 Å². The lowest BCUT2D eigenvalue weighted by Gasteiger charge is -2.23. The van der Waals surface area contributed by atoms with Crippen LogP contribution in [0.1, 0.15) is 24.8 Å². The molecule has 6 heteroatoms. The number of ether oxygens (including phenoxy) is 1. The van der Waals surface area contributed by atoms with Gasteiger partial charge in [-0.2, -0.15) is 0 Å². The van der Waals surface area contributed by atoms with Crippen LogP contribution in [0.15, 0.2) is 18.2 Å². The van der Waals surface area contributed by atoms with E-state index < -0.39 is 0 Å². The summed E-state index contributed by atoms with van der Waals surface area (Å²) in [4.78, 5) is 24.0. The van der Waals surface area contributed by atoms with Gasteiger partial charge in [0.25, 0.3) is 0 Å². The number of carbonyl (C=O) groups is 2. The fraction of sp³-hybridized carbons (Fsp3) is 0.529. The quantitative estimate of drug-likeness (QED) is 0.772. The first-order valence-corrected chi connectivity index (χ1v) is 8.14. The summed E-state index contributed by atoms with van der Waals surface area (Å²) in [5.74, 6) is 0.170. The number of carbonyl (C=O) groups excluding carboxylic acids is 2. The Balaban J connectivity index is 1.59. The first-order valence-electron chi connectivity index (χ1n) is 8.14. The van der Waals surface area contributed by atoms with Gasteiger partial charge in [-0.25, -0.2) is 0 Å². The number of rotatable bonds is 5. The van der Waals surface area contributed by atoms with Crippen LogP contribution in [0.3, 0.4) is 0 Å². The number of morpholine rings is 1. The summed E-state index contributed by atoms with van der Waals surface area (Å²) in [6, 6.07) is 5.64. The zero-order valence-corrected chi connectivity index (χ0v) is 13.4. The Kier molecular flexibility index (Phi) is 4.93. The van der Waals surface area contributed by atoms with Crippen LogP contribution in [-0.2, 0) is 14.3 Å². The number of amides is 2. The van der Waals surface area contributed by atoms with Crippen LogP contribution in [0, 0.1) is 12.8 Å². The minimum absolute atomic E-state index is 0.0539. The Labute approximate surface area is 136 Å². The molecule has 1 unspecified atom stereocenters. The van der Waals surface area contributed by atoms with E-state index in [2.05, 4.69) is 16.0 Å². The van der Waals surface area contributed by atoms with E-state index in [0.29, 0.717) is 19.6 Å². The molecule has 1 atom stereocenters. The van der Waals surface area contributed by atoms with E-state index in [1.165, 1.54) is 0 Å². The van der Waals surface area contributed by atoms with E-state index in [0.717, 1.165) is 36.3 Å². The standard InChI is InChI=1S/C17H23N3O3/c1-11-2-5-13(19-17(22)12-3-4-12)8-15(11)20-16(21)9-14-10-23-7-6-18-14/h2,5,8,12,14,18H,3-4,6-7,9-10H2,1H3,(H,19,22)(H,20,21). The number of nitrogens with one attached hydrogen (secondary N) is 3. The Morgan fingerprint density at radius 2 is 2.13 bits per heavy atom. The Bertz CT molecular complexity index is 593. The SMILES string of the molecule is Cc1ccc(NC(=O)C2CC2)cc1NC(=O)CC1COCCN1. The lowest BCUT2D eigenvalue weighted by Crippen LogP contribution is -2.43. The molecule has 3 N–H and O–H groups in total. The van der Waals surface area contributed by atoms with Gasteiger partial charge in [-0.05, 0) is 37.5 Å². The third kappa shape index (κ3) is 4.53. The topological polar surface area (TPSA) is 79.5 Å². The minimum atomic E-state index is -0.0539. The maximum atomic E-state index is 12.2. The smallest absolute Gasteiger partial charge is 0.227 e. The summed E-state index contributed by atoms with van der Waals surface area (Å²) >= 11 is 0. The number of benzene rings is 1. The lowest BCUT2D eigenvalue weighted by molar-refractivity contribution is -0.118. The molecule has 0 spiro atoms. The van der Waals surface area contributed by atoms with Crippen LogP contribution in [0.5, 0.6) is 0 Å². The van der Waals surface area contributed by atoms with Crippen LogP contribution >= 0.6 is 0 Å². The highest BCUT2D eigenvalue weighted by atomic mass is 16.5. The van der Waals surface area contributed by atoms with Gasteiger partial charge in [0, 0.05) is 36.3 Å². The molecule has 0 bridgehead atoms. The fourth-order valence-electron chi connectivity index (χ4n) is 2.60. The van der Waals surface area contributed by atoms with Gasteiger partial charge in [-0.1, -0.05) is 6.07 Å². The molecule has 3 rings (SSSR count). The van der Waals surface area contributed by atoms with Crippen LogP contribution < -0.4 is 16.0 Å². The maximum Gasteiger partial charge on any atom is 0.227 e. The maximum absolute atomic E-state index is 12.2. The van der Waals surface area contributed by atoms with Crippen molar-refractivity contribution in [1.82, 2.24) is 5.32 Å². The first kappa shape index (κ1) is 16.0. The number of hydrogen-bond acceptors (Lipinski definition) is 4. The van der Waals surface area contributed by atoms with Gasteiger partial charge in [0.15, 0.2) is 0 Å². The third-order valence-corrected chi connectivity index (χ3v) is 4.16. The largest absolute Gasteiger partial charge is 0.378 e. The molecule has 1 saturated heterocycles. The van der Waals surface area contributed by atoms with Gasteiger partial charge in [0.2, 0.25) is 11.8 Å². The van der Waals surface area contributed by atoms with Crippen molar-refractivity contribution in [2.45, 2.75) is 32.2 Å². The molecule has 6 nitrogen and oxygen atoms in total. The van der Waals surface area contributed by atoms with Crippen LogP contribution in [0.4, 0.5) is 11.4 Å². The molecule has 1 aliphatic heterocycles. The molecule has 0 aromatic heterocycles. The summed E-state index contributed by atoms with van der Waals surface area (Å²) in [6.45, 7) is 3.97. The van der Waals surface area contributed by atoms with Gasteiger partial charge in [0.05, 0.1) is 13.2 Å². The average molecular weight is 317 g/mol. The fourth-order valence-corrected chi connectivity index (χ4v) is 2.60. The highest BCUT2D eigenvalue weighted by Crippen LogP contribution is 2.30. The lowest BCUT2D eigenvalue weighted by atomic mass is 10.1. The van der Waals surface area contributed by atoms with Crippen LogP contribution in [0.25, 0.3) is 0 Å². The minimum Gasteiger partial charge on any atom is -0.378 e. The summed E-state index contributed by atoms with van der Waals surface area (Å²) in [6.07, 6.45) is 2.31. The van der Waals surface area contributed by atoms with Crippen molar-refractivity contribution in [2.24, 2.45) is 5.92 Å². The van der Waals surface area contributed by atoms with E-state index in [9.17, 15) is 9.59 Å². The van der Waals surface area contributed by atoms with Crippen LogP contribution in [-0.4, -0.2) is 37.6 Å². The van der Waals surface area contributed by atoms with Crippen LogP contribution in [0.2, 0.25) is 0 Å². The van der Waals surface area contributed by atoms with Crippen molar-refractivity contribution < 1.29 is 14.3 Å². The summed E-state index contributed by atoms with van der Waals surface area (Å²) < 4.78 is 5.36. The third-order valence-electron chi connectivity index (χ3n) is 4.16. The van der Waals surface area contributed by atoms with E-state index in [4.69, 9.17) is 4.74 Å². The Hall–Kier alpha value is -1.92. The van der Waals surface area contributed by atoms with Gasteiger partial charge >= 0.3 is 0 Å². The van der Waals surface area contributed by atoms with Crippen molar-refractivity contribution in [3.63, 3.8) is 0 Å². The number of anilines is 2. The molecular formula is C17H23N3O3. The van der Waals surface area contributed by atoms with Crippen molar-refractivity contribution >= 4 is 23.2 Å². The second kappa shape index (κ2) is 7.10. The van der Waals surface area contributed by atoms with Crippen molar-refractivity contribution in [3.05, 3.63) is 23.8 Å². The van der Waals surface area contributed by atoms with Gasteiger partial charge in [0.1, 0.15) is 0 Å². The number of hydrogen-bond donors (Lipinski definition) is 3. The zero-order chi connectivity index (χ0) is 16.2. The molecule has 1 aromatic carbocycles. The first-order chi connectivity index (χ1) is 11.1. The molecule has 2 aliphatic rings. The van der Waals surface area contributed by atoms with E-state index >= 15 is 0 Å². The van der Waals surface area contributed by atoms with Gasteiger partial charge in [-0.15, -0.1) is 0 Å². The normalized spacial score (nSPS) is 20.8. The second-order valence-electron chi connectivity index (χ2n) is 6.27.